The average Bonchev–Trinajstić information content (AvgIpc) is 3.01. The highest BCUT2D eigenvalue weighted by Gasteiger charge is 2.16. The van der Waals surface area contributed by atoms with Crippen LogP contribution in [0.4, 0.5) is 14.5 Å². The third-order valence-corrected chi connectivity index (χ3v) is 6.30. The fourth-order valence-corrected chi connectivity index (χ4v) is 3.99. The smallest absolute Gasteiger partial charge is 0.209 e. The van der Waals surface area contributed by atoms with Gasteiger partial charge >= 0.3 is 0 Å². The molecular formula is C32H62F2N6O3. The number of amides is 1. The number of carbonyl (C=O) groups is 1. The summed E-state index contributed by atoms with van der Waals surface area (Å²) in [4.78, 5) is 11.7. The van der Waals surface area contributed by atoms with Crippen LogP contribution in [0.2, 0.25) is 0 Å². The van der Waals surface area contributed by atoms with Gasteiger partial charge in [-0.15, -0.1) is 0 Å². The molecule has 2 aliphatic heterocycles. The number of methoxy groups -OCH3 is 1. The van der Waals surface area contributed by atoms with E-state index in [0.29, 0.717) is 37.6 Å². The summed E-state index contributed by atoms with van der Waals surface area (Å²) in [7, 11) is 3.60. The molecule has 3 rings (SSSR count). The summed E-state index contributed by atoms with van der Waals surface area (Å²) >= 11 is 0. The molecule has 6 N–H and O–H groups in total. The molecule has 43 heavy (non-hydrogen) atoms. The van der Waals surface area contributed by atoms with E-state index in [-0.39, 0.29) is 5.69 Å². The van der Waals surface area contributed by atoms with E-state index in [0.717, 1.165) is 61.8 Å². The van der Waals surface area contributed by atoms with Crippen LogP contribution >= 0.6 is 0 Å². The van der Waals surface area contributed by atoms with Crippen molar-refractivity contribution in [1.29, 1.82) is 0 Å². The van der Waals surface area contributed by atoms with Crippen molar-refractivity contribution in [2.45, 2.75) is 73.6 Å². The highest BCUT2D eigenvalue weighted by atomic mass is 19.2. The standard InChI is InChI=1S/C14H21F2N3O.C6H13N.C5H9NO2.C5H13N.C2H6/c1-10(17)12(7-3-4-9-20-2)19(18)13-8-5-6-11(15)14(13)16;1-6-3-2-4-7-5-6;7-5-6-1-3-8-4-2-6;1-5(2)4-6-3;1-2/h5-6,8H,3-4,7,9,17-18H2,1-2H3;6-7H,2-5H2,1H3;5H,1-4H2;5-6H,4H2,1-3H3;1-2H3/b12-10-;;;;. The fraction of sp³-hybridized carbons (Fsp3) is 0.719. The van der Waals surface area contributed by atoms with E-state index in [1.54, 1.807) is 18.9 Å². The normalized spacial score (nSPS) is 16.5. The molecule has 2 fully saturated rings. The molecule has 0 saturated carbocycles. The minimum atomic E-state index is -0.981. The number of allylic oxidation sites excluding steroid dienone is 2. The zero-order chi connectivity index (χ0) is 33.0. The van der Waals surface area contributed by atoms with E-state index in [1.807, 2.05) is 20.9 Å². The van der Waals surface area contributed by atoms with Crippen molar-refractivity contribution in [3.05, 3.63) is 41.2 Å². The number of nitrogens with two attached hydrogens (primary N) is 2. The van der Waals surface area contributed by atoms with Gasteiger partial charge in [-0.1, -0.05) is 40.7 Å². The Kier molecular flexibility index (Phi) is 28.3. The van der Waals surface area contributed by atoms with Gasteiger partial charge in [0.15, 0.2) is 11.6 Å². The number of piperidine rings is 1. The molecule has 0 radical (unpaired) electrons. The first-order chi connectivity index (χ1) is 20.6. The maximum atomic E-state index is 13.7. The Hall–Kier alpha value is -2.31. The van der Waals surface area contributed by atoms with Crippen LogP contribution in [0.3, 0.4) is 0 Å². The molecule has 0 aliphatic carbocycles. The van der Waals surface area contributed by atoms with Crippen molar-refractivity contribution < 1.29 is 23.0 Å². The van der Waals surface area contributed by atoms with Crippen molar-refractivity contribution in [3.63, 3.8) is 0 Å². The van der Waals surface area contributed by atoms with Crippen LogP contribution in [-0.4, -0.2) is 78.0 Å². The number of nitrogens with one attached hydrogen (secondary N) is 2. The Balaban J connectivity index is 0. The third-order valence-electron chi connectivity index (χ3n) is 6.30. The van der Waals surface area contributed by atoms with E-state index in [9.17, 15) is 13.6 Å². The van der Waals surface area contributed by atoms with Gasteiger partial charge < -0.3 is 30.7 Å². The lowest BCUT2D eigenvalue weighted by Crippen LogP contribution is -2.34. The molecule has 1 atom stereocenters. The van der Waals surface area contributed by atoms with Gasteiger partial charge in [0, 0.05) is 32.5 Å². The molecule has 0 bridgehead atoms. The Morgan fingerprint density at radius 1 is 1.26 bits per heavy atom. The first-order valence-electron chi connectivity index (χ1n) is 15.6. The molecule has 1 aromatic rings. The molecular weight excluding hydrogens is 554 g/mol. The number of unbranched alkanes of at least 4 members (excludes halogenated alkanes) is 1. The number of carbonyl (C=O) groups excluding carboxylic acids is 1. The fourth-order valence-electron chi connectivity index (χ4n) is 3.99. The van der Waals surface area contributed by atoms with Gasteiger partial charge in [-0.2, -0.15) is 0 Å². The van der Waals surface area contributed by atoms with Crippen LogP contribution in [0.1, 0.15) is 73.6 Å². The molecule has 1 amide bonds. The monoisotopic (exact) mass is 616 g/mol. The van der Waals surface area contributed by atoms with Gasteiger partial charge in [0.25, 0.3) is 0 Å². The Bertz CT molecular complexity index is 829. The van der Waals surface area contributed by atoms with E-state index >= 15 is 0 Å². The van der Waals surface area contributed by atoms with Crippen LogP contribution in [-0.2, 0) is 14.3 Å². The number of ether oxygens (including phenoxy) is 2. The van der Waals surface area contributed by atoms with E-state index in [1.165, 1.54) is 38.1 Å². The predicted octanol–water partition coefficient (Wildman–Crippen LogP) is 5.02. The van der Waals surface area contributed by atoms with Crippen molar-refractivity contribution in [1.82, 2.24) is 15.5 Å². The van der Waals surface area contributed by atoms with E-state index in [2.05, 4.69) is 31.4 Å². The minimum absolute atomic E-state index is 0.0310. The SMILES string of the molecule is CC.CC1CCCNC1.CNCC(C)C.COCCCC/C(=C(\C)N)N(N)c1cccc(F)c1F.O=CN1CCOCC1. The lowest BCUT2D eigenvalue weighted by molar-refractivity contribution is -0.121. The molecule has 11 heteroatoms. The van der Waals surface area contributed by atoms with Crippen molar-refractivity contribution in [2.24, 2.45) is 23.4 Å². The summed E-state index contributed by atoms with van der Waals surface area (Å²) in [6.45, 7) is 19.5. The molecule has 0 spiro atoms. The van der Waals surface area contributed by atoms with Crippen LogP contribution in [0.25, 0.3) is 0 Å². The van der Waals surface area contributed by atoms with Crippen LogP contribution in [0.15, 0.2) is 29.6 Å². The molecule has 1 aromatic carbocycles. The van der Waals surface area contributed by atoms with E-state index < -0.39 is 11.6 Å². The molecule has 2 saturated heterocycles. The summed E-state index contributed by atoms with van der Waals surface area (Å²) < 4.78 is 36.9. The second-order valence-electron chi connectivity index (χ2n) is 10.7. The second kappa shape index (κ2) is 28.5. The molecule has 2 heterocycles. The highest BCUT2D eigenvalue weighted by Crippen LogP contribution is 2.25. The van der Waals surface area contributed by atoms with Gasteiger partial charge in [0.2, 0.25) is 6.41 Å². The topological polar surface area (TPSA) is 118 Å². The van der Waals surface area contributed by atoms with Gasteiger partial charge in [-0.25, -0.2) is 14.6 Å². The number of rotatable bonds is 10. The number of halogens is 2. The van der Waals surface area contributed by atoms with Gasteiger partial charge in [0.1, 0.15) is 0 Å². The zero-order valence-electron chi connectivity index (χ0n) is 28.2. The number of hydrogen-bond acceptors (Lipinski definition) is 8. The van der Waals surface area contributed by atoms with Crippen LogP contribution in [0.5, 0.6) is 0 Å². The number of morpholine rings is 1. The number of hydrogen-bond donors (Lipinski definition) is 4. The number of anilines is 1. The van der Waals surface area contributed by atoms with Crippen molar-refractivity contribution in [3.8, 4) is 0 Å². The Morgan fingerprint density at radius 2 is 1.91 bits per heavy atom. The summed E-state index contributed by atoms with van der Waals surface area (Å²) in [5.74, 6) is 5.67. The molecule has 9 nitrogen and oxygen atoms in total. The summed E-state index contributed by atoms with van der Waals surface area (Å²) in [6.07, 6.45) is 5.87. The second-order valence-corrected chi connectivity index (χ2v) is 10.7. The molecule has 0 aromatic heterocycles. The summed E-state index contributed by atoms with van der Waals surface area (Å²) in [5, 5.41) is 7.51. The van der Waals surface area contributed by atoms with E-state index in [4.69, 9.17) is 21.1 Å². The van der Waals surface area contributed by atoms with Crippen molar-refractivity contribution in [2.75, 3.05) is 71.7 Å². The molecule has 1 unspecified atom stereocenters. The summed E-state index contributed by atoms with van der Waals surface area (Å²) in [6, 6.07) is 3.86. The van der Waals surface area contributed by atoms with Crippen LogP contribution in [0, 0.1) is 23.5 Å². The van der Waals surface area contributed by atoms with Crippen molar-refractivity contribution >= 4 is 12.1 Å². The average molecular weight is 617 g/mol. The quantitative estimate of drug-likeness (QED) is 0.125. The maximum Gasteiger partial charge on any atom is 0.209 e. The lowest BCUT2D eigenvalue weighted by Gasteiger charge is -2.24. The predicted molar refractivity (Wildman–Crippen MR) is 175 cm³/mol. The molecule has 2 aliphatic rings. The first-order valence-corrected chi connectivity index (χ1v) is 15.6. The minimum Gasteiger partial charge on any atom is -0.401 e. The first kappa shape index (κ1) is 42.8. The molecule has 252 valence electrons. The maximum absolute atomic E-state index is 13.7. The lowest BCUT2D eigenvalue weighted by atomic mass is 10.0. The third kappa shape index (κ3) is 21.9. The zero-order valence-corrected chi connectivity index (χ0v) is 28.2. The van der Waals surface area contributed by atoms with Crippen LogP contribution < -0.4 is 27.2 Å². The number of benzene rings is 1. The largest absolute Gasteiger partial charge is 0.401 e. The number of nitrogens with zero attached hydrogens (tertiary/aromatic N) is 2. The Morgan fingerprint density at radius 3 is 2.30 bits per heavy atom. The highest BCUT2D eigenvalue weighted by molar-refractivity contribution is 5.52. The Labute approximate surface area is 260 Å². The van der Waals surface area contributed by atoms with Gasteiger partial charge in [-0.3, -0.25) is 9.80 Å². The summed E-state index contributed by atoms with van der Waals surface area (Å²) in [5.41, 5.74) is 6.81. The number of hydrazine groups is 1. The van der Waals surface area contributed by atoms with Gasteiger partial charge in [0.05, 0.1) is 24.6 Å². The van der Waals surface area contributed by atoms with Gasteiger partial charge in [-0.05, 0) is 89.7 Å².